The van der Waals surface area contributed by atoms with Crippen LogP contribution in [-0.2, 0) is 18.9 Å². The van der Waals surface area contributed by atoms with Gasteiger partial charge in [0.05, 0.1) is 48.4 Å². The van der Waals surface area contributed by atoms with Gasteiger partial charge in [-0.15, -0.1) is 0 Å². The van der Waals surface area contributed by atoms with Crippen molar-refractivity contribution < 1.29 is 33.6 Å². The van der Waals surface area contributed by atoms with E-state index in [-0.39, 0.29) is 18.8 Å². The normalized spacial score (nSPS) is 16.3. The Labute approximate surface area is 201 Å². The molecule has 0 saturated heterocycles. The molecule has 0 spiro atoms. The van der Waals surface area contributed by atoms with Crippen LogP contribution >= 0.6 is 15.9 Å². The summed E-state index contributed by atoms with van der Waals surface area (Å²) in [5, 5.41) is 15.5. The molecule has 0 saturated carbocycles. The molecule has 0 aliphatic rings. The molecule has 190 valence electrons. The van der Waals surface area contributed by atoms with E-state index >= 15 is 0 Å². The molecule has 0 aromatic heterocycles. The zero-order valence-corrected chi connectivity index (χ0v) is 22.7. The van der Waals surface area contributed by atoms with E-state index < -0.39 is 53.0 Å². The second-order valence-electron chi connectivity index (χ2n) is 10.2. The summed E-state index contributed by atoms with van der Waals surface area (Å²) in [6.45, 7) is 17.8. The molecule has 3 N–H and O–H groups in total. The molecule has 9 nitrogen and oxygen atoms in total. The van der Waals surface area contributed by atoms with Crippen molar-refractivity contribution in [2.24, 2.45) is 0 Å². The molecule has 0 radical (unpaired) electrons. The predicted molar refractivity (Wildman–Crippen MR) is 127 cm³/mol. The molecular weight excluding hydrogens is 484 g/mol. The van der Waals surface area contributed by atoms with Crippen LogP contribution in [0.25, 0.3) is 0 Å². The minimum Gasteiger partial charge on any atom is -0.444 e. The molecule has 0 aromatic rings. The molecule has 0 fully saturated rings. The number of aliphatic hydroxyl groups is 1. The Hall–Kier alpha value is -1.10. The first-order valence-corrected chi connectivity index (χ1v) is 11.9. The number of rotatable bonds is 11. The molecule has 0 rings (SSSR count). The topological polar surface area (TPSA) is 115 Å². The van der Waals surface area contributed by atoms with Gasteiger partial charge in [0.15, 0.2) is 0 Å². The van der Waals surface area contributed by atoms with Crippen LogP contribution in [0, 0.1) is 0 Å². The number of carbonyl (C=O) groups is 2. The van der Waals surface area contributed by atoms with E-state index in [1.807, 2.05) is 27.7 Å². The van der Waals surface area contributed by atoms with Crippen LogP contribution in [-0.4, -0.2) is 76.9 Å². The third kappa shape index (κ3) is 14.1. The average Bonchev–Trinajstić information content (AvgIpc) is 2.57. The van der Waals surface area contributed by atoms with Gasteiger partial charge in [0.25, 0.3) is 0 Å². The van der Waals surface area contributed by atoms with Gasteiger partial charge in [-0.3, -0.25) is 0 Å². The second kappa shape index (κ2) is 13.6. The summed E-state index contributed by atoms with van der Waals surface area (Å²) >= 11 is 3.61. The lowest BCUT2D eigenvalue weighted by Gasteiger charge is -2.36. The van der Waals surface area contributed by atoms with Gasteiger partial charge in [0, 0.05) is 0 Å². The van der Waals surface area contributed by atoms with Crippen LogP contribution in [0.1, 0.15) is 69.2 Å². The minimum atomic E-state index is -0.807. The van der Waals surface area contributed by atoms with Crippen molar-refractivity contribution in [1.82, 2.24) is 10.6 Å². The molecule has 0 heterocycles. The van der Waals surface area contributed by atoms with Crippen molar-refractivity contribution in [2.75, 3.05) is 13.2 Å². The van der Waals surface area contributed by atoms with Gasteiger partial charge in [0.1, 0.15) is 11.2 Å². The minimum absolute atomic E-state index is 0.0735. The molecule has 2 amide bonds. The highest BCUT2D eigenvalue weighted by Gasteiger charge is 2.38. The van der Waals surface area contributed by atoms with Crippen molar-refractivity contribution in [3.05, 3.63) is 0 Å². The van der Waals surface area contributed by atoms with Gasteiger partial charge in [0.2, 0.25) is 0 Å². The summed E-state index contributed by atoms with van der Waals surface area (Å²) in [5.41, 5.74) is -1.37. The maximum Gasteiger partial charge on any atom is 0.408 e. The van der Waals surface area contributed by atoms with E-state index in [0.29, 0.717) is 0 Å². The molecule has 0 aliphatic heterocycles. The zero-order chi connectivity index (χ0) is 25.3. The van der Waals surface area contributed by atoms with Gasteiger partial charge in [-0.05, 0) is 69.2 Å². The maximum absolute atomic E-state index is 12.4. The predicted octanol–water partition coefficient (Wildman–Crippen LogP) is 3.75. The summed E-state index contributed by atoms with van der Waals surface area (Å²) in [6, 6.07) is -1.39. The van der Waals surface area contributed by atoms with Gasteiger partial charge in [-0.2, -0.15) is 0 Å². The number of carbonyl (C=O) groups excluding carboxylic acids is 2. The van der Waals surface area contributed by atoms with Crippen LogP contribution in [0.2, 0.25) is 0 Å². The number of alkyl halides is 1. The fourth-order valence-corrected chi connectivity index (χ4v) is 3.37. The molecule has 32 heavy (non-hydrogen) atoms. The fraction of sp³-hybridized carbons (Fsp3) is 0.909. The smallest absolute Gasteiger partial charge is 0.408 e. The average molecular weight is 527 g/mol. The Morgan fingerprint density at radius 1 is 0.844 bits per heavy atom. The Kier molecular flexibility index (Phi) is 13.1. The van der Waals surface area contributed by atoms with E-state index in [4.69, 9.17) is 18.9 Å². The van der Waals surface area contributed by atoms with E-state index in [0.717, 1.165) is 0 Å². The molecular formula is C22H43BrN2O7. The molecule has 2 unspecified atom stereocenters. The van der Waals surface area contributed by atoms with Crippen molar-refractivity contribution in [3.63, 3.8) is 0 Å². The number of ether oxygens (including phenoxy) is 4. The third-order valence-electron chi connectivity index (χ3n) is 3.73. The number of amides is 2. The largest absolute Gasteiger partial charge is 0.444 e. The third-order valence-corrected chi connectivity index (χ3v) is 4.89. The number of aliphatic hydroxyl groups excluding tert-OH is 1. The SMILES string of the molecule is CC(C)OC[C@H](NC(=O)OC(C)(C)C)C(Br)C(OC(C)C)[C@@H](CO)NC(=O)OC(C)(C)C. The van der Waals surface area contributed by atoms with Crippen molar-refractivity contribution >= 4 is 28.1 Å². The monoisotopic (exact) mass is 526 g/mol. The number of hydrogen-bond donors (Lipinski definition) is 3. The zero-order valence-electron chi connectivity index (χ0n) is 21.2. The van der Waals surface area contributed by atoms with Gasteiger partial charge < -0.3 is 34.7 Å². The summed E-state index contributed by atoms with van der Waals surface area (Å²) in [4.78, 5) is 24.2. The molecule has 0 aromatic carbocycles. The Morgan fingerprint density at radius 2 is 1.28 bits per heavy atom. The molecule has 4 atom stereocenters. The van der Waals surface area contributed by atoms with Crippen LogP contribution in [0.5, 0.6) is 0 Å². The summed E-state index contributed by atoms with van der Waals surface area (Å²) in [7, 11) is 0. The van der Waals surface area contributed by atoms with Crippen LogP contribution in [0.3, 0.4) is 0 Å². The van der Waals surface area contributed by atoms with E-state index in [1.54, 1.807) is 41.5 Å². The first-order chi connectivity index (χ1) is 14.4. The molecule has 10 heteroatoms. The Morgan fingerprint density at radius 3 is 1.62 bits per heavy atom. The van der Waals surface area contributed by atoms with E-state index in [1.165, 1.54) is 0 Å². The Balaban J connectivity index is 5.70. The van der Waals surface area contributed by atoms with Crippen molar-refractivity contribution in [1.29, 1.82) is 0 Å². The first kappa shape index (κ1) is 30.9. The number of halogens is 1. The van der Waals surface area contributed by atoms with E-state index in [2.05, 4.69) is 26.6 Å². The van der Waals surface area contributed by atoms with Crippen molar-refractivity contribution in [3.8, 4) is 0 Å². The highest BCUT2D eigenvalue weighted by Crippen LogP contribution is 2.21. The summed E-state index contributed by atoms with van der Waals surface area (Å²) in [6.07, 6.45) is -2.30. The van der Waals surface area contributed by atoms with Crippen molar-refractivity contribution in [2.45, 2.75) is 116 Å². The van der Waals surface area contributed by atoms with Crippen LogP contribution in [0.4, 0.5) is 9.59 Å². The lowest BCUT2D eigenvalue weighted by molar-refractivity contribution is -0.0394. The summed E-state index contributed by atoms with van der Waals surface area (Å²) in [5.74, 6) is 0. The molecule has 0 bridgehead atoms. The molecule has 0 aliphatic carbocycles. The lowest BCUT2D eigenvalue weighted by atomic mass is 10.0. The van der Waals surface area contributed by atoms with E-state index in [9.17, 15) is 14.7 Å². The number of hydrogen-bond acceptors (Lipinski definition) is 7. The number of nitrogens with one attached hydrogen (secondary N) is 2. The standard InChI is InChI=1S/C22H43BrN2O7/c1-13(2)29-12-16(25-20(28)32-22(8,9)10)17(23)18(30-14(3)4)15(11-26)24-19(27)31-21(5,6)7/h13-18,26H,11-12H2,1-10H3,(H,24,27)(H,25,28)/t15-,16+,17?,18?/m1/s1. The quantitative estimate of drug-likeness (QED) is 0.351. The Bertz CT molecular complexity index is 574. The highest BCUT2D eigenvalue weighted by molar-refractivity contribution is 9.09. The lowest BCUT2D eigenvalue weighted by Crippen LogP contribution is -2.58. The van der Waals surface area contributed by atoms with Gasteiger partial charge in [-0.1, -0.05) is 15.9 Å². The highest BCUT2D eigenvalue weighted by atomic mass is 79.9. The van der Waals surface area contributed by atoms with Crippen LogP contribution < -0.4 is 10.6 Å². The number of alkyl carbamates (subject to hydrolysis) is 2. The maximum atomic E-state index is 12.4. The first-order valence-electron chi connectivity index (χ1n) is 11.0. The summed E-state index contributed by atoms with van der Waals surface area (Å²) < 4.78 is 22.5. The fourth-order valence-electron chi connectivity index (χ4n) is 2.59. The second-order valence-corrected chi connectivity index (χ2v) is 11.2. The van der Waals surface area contributed by atoms with Gasteiger partial charge in [-0.25, -0.2) is 9.59 Å². The van der Waals surface area contributed by atoms with Crippen LogP contribution in [0.15, 0.2) is 0 Å². The van der Waals surface area contributed by atoms with Gasteiger partial charge >= 0.3 is 12.2 Å².